The molecular formula is C14H17ClN2O3. The molecule has 1 aromatic rings. The number of nitrogens with zero attached hydrogens (tertiary/aromatic N) is 1. The molecule has 2 amide bonds. The fraction of sp³-hybridized carbons (Fsp3) is 0.429. The second kappa shape index (κ2) is 6.13. The van der Waals surface area contributed by atoms with Gasteiger partial charge in [0, 0.05) is 25.5 Å². The van der Waals surface area contributed by atoms with E-state index in [-0.39, 0.29) is 17.2 Å². The number of methoxy groups -OCH3 is 1. The van der Waals surface area contributed by atoms with Gasteiger partial charge in [-0.05, 0) is 12.1 Å². The summed E-state index contributed by atoms with van der Waals surface area (Å²) in [5, 5.41) is 2.59. The predicted molar refractivity (Wildman–Crippen MR) is 78.5 cm³/mol. The van der Waals surface area contributed by atoms with Gasteiger partial charge in [-0.15, -0.1) is 11.6 Å². The van der Waals surface area contributed by atoms with E-state index in [1.807, 2.05) is 0 Å². The summed E-state index contributed by atoms with van der Waals surface area (Å²) in [6.07, 6.45) is 0.678. The number of anilines is 2. The van der Waals surface area contributed by atoms with Gasteiger partial charge in [0.25, 0.3) is 0 Å². The highest BCUT2D eigenvalue weighted by atomic mass is 35.5. The number of halogens is 1. The fourth-order valence-electron chi connectivity index (χ4n) is 2.10. The molecule has 0 saturated carbocycles. The van der Waals surface area contributed by atoms with Gasteiger partial charge in [-0.1, -0.05) is 6.92 Å². The predicted octanol–water partition coefficient (Wildman–Crippen LogP) is 2.39. The highest BCUT2D eigenvalue weighted by molar-refractivity contribution is 6.24. The minimum absolute atomic E-state index is 0.0507. The number of benzene rings is 1. The lowest BCUT2D eigenvalue weighted by Gasteiger charge is -2.21. The van der Waals surface area contributed by atoms with Crippen molar-refractivity contribution >= 4 is 34.8 Å². The number of amides is 2. The zero-order chi connectivity index (χ0) is 14.7. The molecule has 1 heterocycles. The number of alkyl halides is 1. The normalized spacial score (nSPS) is 18.2. The average molecular weight is 297 g/mol. The third-order valence-corrected chi connectivity index (χ3v) is 3.46. The first-order valence-electron chi connectivity index (χ1n) is 6.47. The SMILES string of the molecule is CCC(=O)Nc1ccc(OC)cc1N1CC(Cl)CC1=O. The first-order chi connectivity index (χ1) is 9.55. The van der Waals surface area contributed by atoms with Crippen molar-refractivity contribution in [1.82, 2.24) is 0 Å². The Morgan fingerprint density at radius 2 is 2.30 bits per heavy atom. The Labute approximate surface area is 122 Å². The van der Waals surface area contributed by atoms with E-state index >= 15 is 0 Å². The van der Waals surface area contributed by atoms with Crippen LogP contribution in [0.1, 0.15) is 19.8 Å². The number of carbonyl (C=O) groups is 2. The second-order valence-corrected chi connectivity index (χ2v) is 5.21. The fourth-order valence-corrected chi connectivity index (χ4v) is 2.37. The smallest absolute Gasteiger partial charge is 0.228 e. The van der Waals surface area contributed by atoms with Crippen LogP contribution in [0.5, 0.6) is 5.75 Å². The van der Waals surface area contributed by atoms with Gasteiger partial charge in [0.15, 0.2) is 0 Å². The molecule has 108 valence electrons. The zero-order valence-corrected chi connectivity index (χ0v) is 12.2. The van der Waals surface area contributed by atoms with Gasteiger partial charge < -0.3 is 15.0 Å². The Morgan fingerprint density at radius 3 is 2.85 bits per heavy atom. The van der Waals surface area contributed by atoms with Crippen molar-refractivity contribution in [2.75, 3.05) is 23.9 Å². The summed E-state index contributed by atoms with van der Waals surface area (Å²) < 4.78 is 5.18. The molecular weight excluding hydrogens is 280 g/mol. The maximum absolute atomic E-state index is 12.0. The van der Waals surface area contributed by atoms with Crippen LogP contribution in [0.15, 0.2) is 18.2 Å². The van der Waals surface area contributed by atoms with E-state index in [1.54, 1.807) is 37.1 Å². The van der Waals surface area contributed by atoms with Crippen LogP contribution >= 0.6 is 11.6 Å². The first kappa shape index (κ1) is 14.7. The molecule has 1 aliphatic heterocycles. The van der Waals surface area contributed by atoms with Gasteiger partial charge in [-0.25, -0.2) is 0 Å². The van der Waals surface area contributed by atoms with Gasteiger partial charge in [-0.2, -0.15) is 0 Å². The Kier molecular flexibility index (Phi) is 4.49. The molecule has 1 unspecified atom stereocenters. The lowest BCUT2D eigenvalue weighted by Crippen LogP contribution is -2.26. The first-order valence-corrected chi connectivity index (χ1v) is 6.91. The van der Waals surface area contributed by atoms with E-state index in [1.165, 1.54) is 0 Å². The van der Waals surface area contributed by atoms with Crippen molar-refractivity contribution in [2.24, 2.45) is 0 Å². The van der Waals surface area contributed by atoms with Crippen LogP contribution in [0, 0.1) is 0 Å². The number of rotatable bonds is 4. The molecule has 1 atom stereocenters. The van der Waals surface area contributed by atoms with Gasteiger partial charge in [0.1, 0.15) is 5.75 Å². The van der Waals surface area contributed by atoms with Gasteiger partial charge in [0.05, 0.1) is 23.9 Å². The van der Waals surface area contributed by atoms with E-state index in [0.29, 0.717) is 36.5 Å². The van der Waals surface area contributed by atoms with Gasteiger partial charge in [-0.3, -0.25) is 9.59 Å². The molecule has 2 rings (SSSR count). The highest BCUT2D eigenvalue weighted by Crippen LogP contribution is 2.34. The Morgan fingerprint density at radius 1 is 1.55 bits per heavy atom. The van der Waals surface area contributed by atoms with Crippen molar-refractivity contribution in [1.29, 1.82) is 0 Å². The van der Waals surface area contributed by atoms with Crippen LogP contribution < -0.4 is 15.0 Å². The molecule has 0 aliphatic carbocycles. The number of hydrogen-bond acceptors (Lipinski definition) is 3. The summed E-state index contributed by atoms with van der Waals surface area (Å²) in [4.78, 5) is 25.1. The molecule has 0 aromatic heterocycles. The minimum atomic E-state index is -0.205. The summed E-state index contributed by atoms with van der Waals surface area (Å²) in [5.74, 6) is 0.469. The number of nitrogens with one attached hydrogen (secondary N) is 1. The summed E-state index contributed by atoms with van der Waals surface area (Å²) in [6, 6.07) is 5.21. The zero-order valence-electron chi connectivity index (χ0n) is 11.5. The summed E-state index contributed by atoms with van der Waals surface area (Å²) in [7, 11) is 1.56. The maximum Gasteiger partial charge on any atom is 0.228 e. The summed E-state index contributed by atoms with van der Waals surface area (Å²) in [5.41, 5.74) is 1.22. The Balaban J connectivity index is 2.37. The molecule has 0 radical (unpaired) electrons. The van der Waals surface area contributed by atoms with Crippen molar-refractivity contribution in [2.45, 2.75) is 25.1 Å². The summed E-state index contributed by atoms with van der Waals surface area (Å²) in [6.45, 7) is 2.21. The molecule has 1 aliphatic rings. The standard InChI is InChI=1S/C14H17ClN2O3/c1-3-13(18)16-11-5-4-10(20-2)7-12(11)17-8-9(15)6-14(17)19/h4-5,7,9H,3,6,8H2,1-2H3,(H,16,18). The van der Waals surface area contributed by atoms with E-state index in [4.69, 9.17) is 16.3 Å². The third-order valence-electron chi connectivity index (χ3n) is 3.17. The second-order valence-electron chi connectivity index (χ2n) is 4.59. The maximum atomic E-state index is 12.0. The minimum Gasteiger partial charge on any atom is -0.497 e. The number of hydrogen-bond donors (Lipinski definition) is 1. The molecule has 5 nitrogen and oxygen atoms in total. The molecule has 20 heavy (non-hydrogen) atoms. The molecule has 6 heteroatoms. The van der Waals surface area contributed by atoms with Crippen LogP contribution in [0.25, 0.3) is 0 Å². The third kappa shape index (κ3) is 3.04. The molecule has 1 N–H and O–H groups in total. The molecule has 1 saturated heterocycles. The van der Waals surface area contributed by atoms with E-state index < -0.39 is 0 Å². The van der Waals surface area contributed by atoms with Crippen LogP contribution in [0.3, 0.4) is 0 Å². The molecule has 0 spiro atoms. The van der Waals surface area contributed by atoms with E-state index in [2.05, 4.69) is 5.32 Å². The quantitative estimate of drug-likeness (QED) is 0.868. The Bertz CT molecular complexity index is 533. The Hall–Kier alpha value is -1.75. The van der Waals surface area contributed by atoms with Gasteiger partial charge in [0.2, 0.25) is 11.8 Å². The van der Waals surface area contributed by atoms with Crippen LogP contribution in [0.2, 0.25) is 0 Å². The largest absolute Gasteiger partial charge is 0.497 e. The summed E-state index contributed by atoms with van der Waals surface area (Å²) >= 11 is 6.03. The van der Waals surface area contributed by atoms with E-state index in [0.717, 1.165) is 0 Å². The number of ether oxygens (including phenoxy) is 1. The molecule has 0 bridgehead atoms. The van der Waals surface area contributed by atoms with Crippen molar-refractivity contribution < 1.29 is 14.3 Å². The lowest BCUT2D eigenvalue weighted by atomic mass is 10.2. The average Bonchev–Trinajstić information content (AvgIpc) is 2.77. The van der Waals surface area contributed by atoms with Crippen LogP contribution in [-0.4, -0.2) is 30.8 Å². The van der Waals surface area contributed by atoms with Crippen molar-refractivity contribution in [3.05, 3.63) is 18.2 Å². The molecule has 1 aromatic carbocycles. The topological polar surface area (TPSA) is 58.6 Å². The monoisotopic (exact) mass is 296 g/mol. The van der Waals surface area contributed by atoms with Gasteiger partial charge >= 0.3 is 0 Å². The van der Waals surface area contributed by atoms with Crippen LogP contribution in [0.4, 0.5) is 11.4 Å². The molecule has 1 fully saturated rings. The lowest BCUT2D eigenvalue weighted by molar-refractivity contribution is -0.117. The van der Waals surface area contributed by atoms with Crippen molar-refractivity contribution in [3.8, 4) is 5.75 Å². The van der Waals surface area contributed by atoms with Crippen molar-refractivity contribution in [3.63, 3.8) is 0 Å². The van der Waals surface area contributed by atoms with E-state index in [9.17, 15) is 9.59 Å². The number of carbonyl (C=O) groups excluding carboxylic acids is 2. The van der Waals surface area contributed by atoms with Crippen LogP contribution in [-0.2, 0) is 9.59 Å². The highest BCUT2D eigenvalue weighted by Gasteiger charge is 2.31.